The highest BCUT2D eigenvalue weighted by Crippen LogP contribution is 2.29. The first-order chi connectivity index (χ1) is 9.93. The van der Waals surface area contributed by atoms with Crippen molar-refractivity contribution in [3.63, 3.8) is 0 Å². The highest BCUT2D eigenvalue weighted by Gasteiger charge is 2.35. The summed E-state index contributed by atoms with van der Waals surface area (Å²) in [5, 5.41) is 0. The number of hydrogen-bond donors (Lipinski definition) is 0. The van der Waals surface area contributed by atoms with Gasteiger partial charge >= 0.3 is 12.1 Å². The van der Waals surface area contributed by atoms with E-state index in [1.165, 1.54) is 0 Å². The number of hydrogen-bond acceptors (Lipinski definition) is 4. The summed E-state index contributed by atoms with van der Waals surface area (Å²) in [4.78, 5) is 18.5. The van der Waals surface area contributed by atoms with E-state index in [1.54, 1.807) is 37.3 Å². The van der Waals surface area contributed by atoms with Crippen LogP contribution in [-0.2, 0) is 10.9 Å². The van der Waals surface area contributed by atoms with Crippen molar-refractivity contribution in [2.45, 2.75) is 13.1 Å². The van der Waals surface area contributed by atoms with E-state index in [4.69, 9.17) is 4.74 Å². The van der Waals surface area contributed by atoms with Crippen LogP contribution in [0.5, 0.6) is 0 Å². The second-order valence-electron chi connectivity index (χ2n) is 4.04. The van der Waals surface area contributed by atoms with Crippen molar-refractivity contribution in [3.05, 3.63) is 47.9 Å². The van der Waals surface area contributed by atoms with Crippen LogP contribution in [0.3, 0.4) is 0 Å². The Morgan fingerprint density at radius 3 is 2.48 bits per heavy atom. The molecule has 4 nitrogen and oxygen atoms in total. The van der Waals surface area contributed by atoms with Crippen molar-refractivity contribution < 1.29 is 22.7 Å². The molecule has 1 heterocycles. The molecule has 7 heteroatoms. The molecule has 2 rings (SSSR count). The Labute approximate surface area is 118 Å². The Balaban J connectivity index is 2.59. The van der Waals surface area contributed by atoms with Gasteiger partial charge in [-0.15, -0.1) is 0 Å². The summed E-state index contributed by atoms with van der Waals surface area (Å²) in [6, 6.07) is 8.11. The lowest BCUT2D eigenvalue weighted by Gasteiger charge is -2.11. The molecule has 2 aromatic rings. The molecule has 0 N–H and O–H groups in total. The number of halogens is 3. The molecule has 0 spiro atoms. The number of aromatic nitrogens is 2. The fourth-order valence-electron chi connectivity index (χ4n) is 1.69. The lowest BCUT2D eigenvalue weighted by molar-refractivity contribution is -0.144. The van der Waals surface area contributed by atoms with E-state index < -0.39 is 18.0 Å². The van der Waals surface area contributed by atoms with Gasteiger partial charge in [0, 0.05) is 11.8 Å². The van der Waals surface area contributed by atoms with Gasteiger partial charge in [0.05, 0.1) is 12.3 Å². The maximum atomic E-state index is 12.7. The summed E-state index contributed by atoms with van der Waals surface area (Å²) in [6.45, 7) is 1.71. The maximum absolute atomic E-state index is 12.7. The van der Waals surface area contributed by atoms with E-state index in [9.17, 15) is 18.0 Å². The molecule has 0 fully saturated rings. The molecule has 0 aliphatic heterocycles. The van der Waals surface area contributed by atoms with E-state index in [1.807, 2.05) is 0 Å². The zero-order valence-corrected chi connectivity index (χ0v) is 11.0. The molecule has 0 radical (unpaired) electrons. The first-order valence-electron chi connectivity index (χ1n) is 6.10. The molecule has 0 amide bonds. The first-order valence-corrected chi connectivity index (χ1v) is 6.10. The van der Waals surface area contributed by atoms with Crippen LogP contribution >= 0.6 is 0 Å². The minimum atomic E-state index is -4.68. The summed E-state index contributed by atoms with van der Waals surface area (Å²) >= 11 is 0. The summed E-state index contributed by atoms with van der Waals surface area (Å²) in [5.41, 5.74) is 0.181. The van der Waals surface area contributed by atoms with Crippen molar-refractivity contribution in [1.82, 2.24) is 9.97 Å². The zero-order chi connectivity index (χ0) is 15.5. The van der Waals surface area contributed by atoms with E-state index >= 15 is 0 Å². The normalized spacial score (nSPS) is 11.2. The van der Waals surface area contributed by atoms with Gasteiger partial charge in [-0.05, 0) is 6.92 Å². The molecule has 0 saturated heterocycles. The fraction of sp³-hybridized carbons (Fsp3) is 0.214. The molecular formula is C14H11F3N2O2. The van der Waals surface area contributed by atoms with Crippen LogP contribution in [-0.4, -0.2) is 22.5 Å². The molecule has 110 valence electrons. The average molecular weight is 296 g/mol. The molecule has 1 aromatic carbocycles. The van der Waals surface area contributed by atoms with Crippen molar-refractivity contribution in [2.24, 2.45) is 0 Å². The van der Waals surface area contributed by atoms with Gasteiger partial charge in [-0.3, -0.25) is 0 Å². The topological polar surface area (TPSA) is 52.1 Å². The summed E-state index contributed by atoms with van der Waals surface area (Å²) < 4.78 is 43.0. The van der Waals surface area contributed by atoms with Crippen LogP contribution in [0.4, 0.5) is 13.2 Å². The minimum absolute atomic E-state index is 0.101. The second-order valence-corrected chi connectivity index (χ2v) is 4.04. The smallest absolute Gasteiger partial charge is 0.451 e. The third-order valence-corrected chi connectivity index (χ3v) is 2.58. The number of benzene rings is 1. The molecule has 0 unspecified atom stereocenters. The molecule has 0 saturated carbocycles. The summed E-state index contributed by atoms with van der Waals surface area (Å²) in [5.74, 6) is -2.06. The van der Waals surface area contributed by atoms with Crippen molar-refractivity contribution in [2.75, 3.05) is 6.61 Å². The van der Waals surface area contributed by atoms with Crippen molar-refractivity contribution in [3.8, 4) is 11.3 Å². The molecule has 0 aliphatic rings. The predicted molar refractivity (Wildman–Crippen MR) is 68.4 cm³/mol. The van der Waals surface area contributed by atoms with Gasteiger partial charge in [0.1, 0.15) is 5.56 Å². The van der Waals surface area contributed by atoms with E-state index in [0.29, 0.717) is 5.56 Å². The van der Waals surface area contributed by atoms with Gasteiger partial charge in [-0.2, -0.15) is 13.2 Å². The van der Waals surface area contributed by atoms with Gasteiger partial charge in [0.25, 0.3) is 0 Å². The lowest BCUT2D eigenvalue weighted by Crippen LogP contribution is -2.15. The van der Waals surface area contributed by atoms with E-state index in [2.05, 4.69) is 9.97 Å². The Morgan fingerprint density at radius 2 is 1.90 bits per heavy atom. The fourth-order valence-corrected chi connectivity index (χ4v) is 1.69. The highest BCUT2D eigenvalue weighted by atomic mass is 19.4. The molecule has 0 atom stereocenters. The number of alkyl halides is 3. The monoisotopic (exact) mass is 296 g/mol. The lowest BCUT2D eigenvalue weighted by atomic mass is 10.1. The van der Waals surface area contributed by atoms with Crippen LogP contribution in [0.25, 0.3) is 11.3 Å². The van der Waals surface area contributed by atoms with Crippen molar-refractivity contribution in [1.29, 1.82) is 0 Å². The quantitative estimate of drug-likeness (QED) is 0.815. The van der Waals surface area contributed by atoms with Gasteiger partial charge in [0.2, 0.25) is 5.82 Å². The average Bonchev–Trinajstić information content (AvgIpc) is 2.47. The molecule has 0 bridgehead atoms. The molecule has 1 aromatic heterocycles. The minimum Gasteiger partial charge on any atom is -0.462 e. The van der Waals surface area contributed by atoms with Gasteiger partial charge < -0.3 is 4.74 Å². The molecule has 21 heavy (non-hydrogen) atoms. The number of ether oxygens (including phenoxy) is 1. The molecular weight excluding hydrogens is 285 g/mol. The number of esters is 1. The Kier molecular flexibility index (Phi) is 4.21. The Morgan fingerprint density at radius 1 is 1.24 bits per heavy atom. The van der Waals surface area contributed by atoms with E-state index in [0.717, 1.165) is 6.20 Å². The van der Waals surface area contributed by atoms with Gasteiger partial charge in [-0.1, -0.05) is 30.3 Å². The number of carbonyl (C=O) groups is 1. The Bertz CT molecular complexity index is 642. The predicted octanol–water partition coefficient (Wildman–Crippen LogP) is 3.34. The standard InChI is InChI=1S/C14H11F3N2O2/c1-2-21-12(20)10-8-18-13(14(15,16)17)19-11(10)9-6-4-3-5-7-9/h3-8H,2H2,1H3. The van der Waals surface area contributed by atoms with Gasteiger partial charge in [-0.25, -0.2) is 14.8 Å². The zero-order valence-electron chi connectivity index (χ0n) is 11.0. The van der Waals surface area contributed by atoms with Crippen LogP contribution in [0, 0.1) is 0 Å². The number of carbonyl (C=O) groups excluding carboxylic acids is 1. The Hall–Kier alpha value is -2.44. The van der Waals surface area contributed by atoms with Crippen molar-refractivity contribution >= 4 is 5.97 Å². The maximum Gasteiger partial charge on any atom is 0.451 e. The third-order valence-electron chi connectivity index (χ3n) is 2.58. The summed E-state index contributed by atoms with van der Waals surface area (Å²) in [6.07, 6.45) is -3.84. The van der Waals surface area contributed by atoms with E-state index in [-0.39, 0.29) is 17.9 Å². The highest BCUT2D eigenvalue weighted by molar-refractivity contribution is 5.95. The molecule has 0 aliphatic carbocycles. The van der Waals surface area contributed by atoms with Crippen LogP contribution in [0.15, 0.2) is 36.5 Å². The third kappa shape index (κ3) is 3.36. The summed E-state index contributed by atoms with van der Waals surface area (Å²) in [7, 11) is 0. The van der Waals surface area contributed by atoms with Crippen LogP contribution < -0.4 is 0 Å². The largest absolute Gasteiger partial charge is 0.462 e. The van der Waals surface area contributed by atoms with Gasteiger partial charge in [0.15, 0.2) is 0 Å². The first kappa shape index (κ1) is 15.0. The van der Waals surface area contributed by atoms with Crippen LogP contribution in [0.1, 0.15) is 23.1 Å². The number of rotatable bonds is 3. The number of nitrogens with zero attached hydrogens (tertiary/aromatic N) is 2. The van der Waals surface area contributed by atoms with Crippen LogP contribution in [0.2, 0.25) is 0 Å². The SMILES string of the molecule is CCOC(=O)c1cnc(C(F)(F)F)nc1-c1ccccc1. The second kappa shape index (κ2) is 5.90.